The highest BCUT2D eigenvalue weighted by Crippen LogP contribution is 2.38. The zero-order chi connectivity index (χ0) is 40.2. The largest absolute Gasteiger partial charge is 0.756 e. The van der Waals surface area contributed by atoms with Gasteiger partial charge in [-0.25, -0.2) is 0 Å². The Morgan fingerprint density at radius 1 is 0.667 bits per heavy atom. The number of allylic oxidation sites excluding steroid dienone is 8. The van der Waals surface area contributed by atoms with Crippen molar-refractivity contribution in [1.82, 2.24) is 0 Å². The van der Waals surface area contributed by atoms with Gasteiger partial charge in [-0.05, 0) is 64.7 Å². The lowest BCUT2D eigenvalue weighted by atomic mass is 10.0. The number of aliphatic hydroxyl groups is 1. The molecule has 0 rings (SSSR count). The van der Waals surface area contributed by atoms with Crippen molar-refractivity contribution >= 4 is 19.8 Å². The molecule has 54 heavy (non-hydrogen) atoms. The Morgan fingerprint density at radius 2 is 1.15 bits per heavy atom. The highest BCUT2D eigenvalue weighted by atomic mass is 31.2. The van der Waals surface area contributed by atoms with E-state index in [1.807, 2.05) is 34.1 Å². The van der Waals surface area contributed by atoms with E-state index in [1.165, 1.54) is 57.8 Å². The van der Waals surface area contributed by atoms with Gasteiger partial charge in [0.2, 0.25) is 0 Å². The third kappa shape index (κ3) is 39.6. The number of hydrogen-bond acceptors (Lipinski definition) is 9. The van der Waals surface area contributed by atoms with Crippen LogP contribution in [0.1, 0.15) is 155 Å². The van der Waals surface area contributed by atoms with Crippen LogP contribution in [0.4, 0.5) is 0 Å². The molecule has 10 nitrogen and oxygen atoms in total. The molecular formula is C43H78NO9P. The van der Waals surface area contributed by atoms with Crippen molar-refractivity contribution in [2.45, 2.75) is 167 Å². The molecule has 0 fully saturated rings. The Bertz CT molecular complexity index is 1080. The van der Waals surface area contributed by atoms with Crippen LogP contribution in [0.15, 0.2) is 48.6 Å². The predicted molar refractivity (Wildman–Crippen MR) is 219 cm³/mol. The quantitative estimate of drug-likeness (QED) is 0.0215. The zero-order valence-corrected chi connectivity index (χ0v) is 35.7. The van der Waals surface area contributed by atoms with E-state index in [4.69, 9.17) is 18.5 Å². The average Bonchev–Trinajstić information content (AvgIpc) is 3.10. The second kappa shape index (κ2) is 35.4. The molecule has 0 aromatic rings. The number of unbranched alkanes of at least 4 members (excludes halogenated alkanes) is 13. The normalized spacial score (nSPS) is 14.7. The van der Waals surface area contributed by atoms with Crippen LogP contribution in [0, 0.1) is 0 Å². The second-order valence-electron chi connectivity index (χ2n) is 15.3. The Labute approximate surface area is 329 Å². The summed E-state index contributed by atoms with van der Waals surface area (Å²) in [5.41, 5.74) is 0. The number of ether oxygens (including phenoxy) is 2. The summed E-state index contributed by atoms with van der Waals surface area (Å²) in [5.74, 6) is -0.919. The lowest BCUT2D eigenvalue weighted by molar-refractivity contribution is -0.870. The van der Waals surface area contributed by atoms with Gasteiger partial charge in [-0.2, -0.15) is 0 Å². The molecule has 11 heteroatoms. The van der Waals surface area contributed by atoms with Crippen LogP contribution in [0.25, 0.3) is 0 Å². The van der Waals surface area contributed by atoms with E-state index < -0.39 is 32.5 Å². The summed E-state index contributed by atoms with van der Waals surface area (Å²) < 4.78 is 33.7. The third-order valence-corrected chi connectivity index (χ3v) is 9.58. The van der Waals surface area contributed by atoms with Crippen LogP contribution in [0.5, 0.6) is 0 Å². The minimum Gasteiger partial charge on any atom is -0.756 e. The number of carbonyl (C=O) groups is 2. The number of aliphatic hydroxyl groups excluding tert-OH is 1. The van der Waals surface area contributed by atoms with Crippen LogP contribution in [0.3, 0.4) is 0 Å². The molecule has 0 saturated carbocycles. The number of quaternary nitrogens is 1. The van der Waals surface area contributed by atoms with Gasteiger partial charge in [0.25, 0.3) is 7.82 Å². The Balaban J connectivity index is 4.50. The molecule has 0 radical (unpaired) electrons. The third-order valence-electron chi connectivity index (χ3n) is 8.62. The molecular weight excluding hydrogens is 705 g/mol. The maximum atomic E-state index is 12.6. The van der Waals surface area contributed by atoms with Crippen LogP contribution >= 0.6 is 7.82 Å². The summed E-state index contributed by atoms with van der Waals surface area (Å²) in [6.07, 6.45) is 37.0. The molecule has 0 amide bonds. The maximum absolute atomic E-state index is 12.6. The van der Waals surface area contributed by atoms with Crippen LogP contribution in [0.2, 0.25) is 0 Å². The zero-order valence-electron chi connectivity index (χ0n) is 34.8. The molecule has 314 valence electrons. The smallest absolute Gasteiger partial charge is 0.306 e. The van der Waals surface area contributed by atoms with Crippen molar-refractivity contribution < 1.29 is 47.2 Å². The molecule has 3 atom stereocenters. The summed E-state index contributed by atoms with van der Waals surface area (Å²) in [6, 6.07) is 0. The molecule has 0 bridgehead atoms. The van der Waals surface area contributed by atoms with Gasteiger partial charge in [0.1, 0.15) is 19.8 Å². The van der Waals surface area contributed by atoms with Crippen molar-refractivity contribution in [3.63, 3.8) is 0 Å². The van der Waals surface area contributed by atoms with Gasteiger partial charge in [-0.1, -0.05) is 126 Å². The molecule has 0 aliphatic heterocycles. The summed E-state index contributed by atoms with van der Waals surface area (Å²) in [5, 5.41) is 9.27. The summed E-state index contributed by atoms with van der Waals surface area (Å²) in [4.78, 5) is 37.4. The minimum atomic E-state index is -4.64. The SMILES string of the molecule is CCCCCCCCCCCCCCC(=O)OC[C@H](COP(=O)([O-])OCC[N+](C)(C)C)OC(=O)CCC/C=C\C/C=C\C/C=C\C/C=C\CCC[C@H](C)O. The first-order chi connectivity index (χ1) is 25.8. The summed E-state index contributed by atoms with van der Waals surface area (Å²) >= 11 is 0. The van der Waals surface area contributed by atoms with Crippen molar-refractivity contribution in [3.8, 4) is 0 Å². The van der Waals surface area contributed by atoms with Gasteiger partial charge in [-0.15, -0.1) is 0 Å². The molecule has 0 heterocycles. The van der Waals surface area contributed by atoms with Crippen LogP contribution < -0.4 is 4.89 Å². The topological polar surface area (TPSA) is 131 Å². The second-order valence-corrected chi connectivity index (χ2v) is 16.7. The van der Waals surface area contributed by atoms with E-state index >= 15 is 0 Å². The maximum Gasteiger partial charge on any atom is 0.306 e. The van der Waals surface area contributed by atoms with Gasteiger partial charge in [0.15, 0.2) is 6.10 Å². The lowest BCUT2D eigenvalue weighted by Crippen LogP contribution is -2.37. The molecule has 1 unspecified atom stereocenters. The Kier molecular flexibility index (Phi) is 34.0. The molecule has 1 N–H and O–H groups in total. The molecule has 0 spiro atoms. The molecule has 0 aromatic heterocycles. The number of phosphoric acid groups is 1. The highest BCUT2D eigenvalue weighted by Gasteiger charge is 2.21. The van der Waals surface area contributed by atoms with Gasteiger partial charge in [-0.3, -0.25) is 14.2 Å². The summed E-state index contributed by atoms with van der Waals surface area (Å²) in [7, 11) is 1.11. The molecule has 0 aliphatic carbocycles. The van der Waals surface area contributed by atoms with Crippen molar-refractivity contribution in [1.29, 1.82) is 0 Å². The number of likely N-dealkylation sites (N-methyl/N-ethyl adjacent to an activating group) is 1. The van der Waals surface area contributed by atoms with E-state index in [0.29, 0.717) is 23.9 Å². The predicted octanol–water partition coefficient (Wildman–Crippen LogP) is 9.86. The molecule has 0 saturated heterocycles. The number of carbonyl (C=O) groups excluding carboxylic acids is 2. The fourth-order valence-corrected chi connectivity index (χ4v) is 6.04. The molecule has 0 aromatic carbocycles. The standard InChI is InChI=1S/C43H78NO9P/c1-6-7-8-9-10-11-12-19-22-25-28-31-34-42(46)50-38-41(39-52-54(48,49)51-37-36-44(3,4)5)53-43(47)35-32-29-26-23-20-17-15-13-14-16-18-21-24-27-30-33-40(2)45/h14-17,21,23-24,26,40-41,45H,6-13,18-20,22,25,27-39H2,1-5H3/b16-14-,17-15-,24-21-,26-23-/t40-,41+/m0/s1. The molecule has 0 aliphatic rings. The van der Waals surface area contributed by atoms with Crippen molar-refractivity contribution in [3.05, 3.63) is 48.6 Å². The number of hydrogen-bond donors (Lipinski definition) is 1. The fraction of sp³-hybridized carbons (Fsp3) is 0.767. The Morgan fingerprint density at radius 3 is 1.67 bits per heavy atom. The first-order valence-corrected chi connectivity index (χ1v) is 22.3. The first-order valence-electron chi connectivity index (χ1n) is 20.9. The van der Waals surface area contributed by atoms with E-state index in [2.05, 4.69) is 49.5 Å². The Hall–Kier alpha value is -2.07. The van der Waals surface area contributed by atoms with Crippen molar-refractivity contribution in [2.24, 2.45) is 0 Å². The van der Waals surface area contributed by atoms with E-state index in [0.717, 1.165) is 57.8 Å². The number of nitrogens with zero attached hydrogens (tertiary/aromatic N) is 1. The van der Waals surface area contributed by atoms with Crippen LogP contribution in [-0.2, 0) is 32.7 Å². The number of phosphoric ester groups is 1. The lowest BCUT2D eigenvalue weighted by Gasteiger charge is -2.28. The van der Waals surface area contributed by atoms with Gasteiger partial charge in [0, 0.05) is 12.8 Å². The first kappa shape index (κ1) is 51.9. The number of rotatable bonds is 37. The number of esters is 2. The minimum absolute atomic E-state index is 0.0473. The van der Waals surface area contributed by atoms with E-state index in [9.17, 15) is 24.2 Å². The van der Waals surface area contributed by atoms with E-state index in [1.54, 1.807) is 0 Å². The highest BCUT2D eigenvalue weighted by molar-refractivity contribution is 7.45. The monoisotopic (exact) mass is 784 g/mol. The van der Waals surface area contributed by atoms with Gasteiger partial charge < -0.3 is 33.0 Å². The average molecular weight is 784 g/mol. The van der Waals surface area contributed by atoms with Crippen molar-refractivity contribution in [2.75, 3.05) is 47.5 Å². The van der Waals surface area contributed by atoms with E-state index in [-0.39, 0.29) is 32.2 Å². The van der Waals surface area contributed by atoms with Gasteiger partial charge >= 0.3 is 11.9 Å². The van der Waals surface area contributed by atoms with Crippen LogP contribution in [-0.4, -0.2) is 81.2 Å². The fourth-order valence-electron chi connectivity index (χ4n) is 5.31. The summed E-state index contributed by atoms with van der Waals surface area (Å²) in [6.45, 7) is 3.68. The van der Waals surface area contributed by atoms with Gasteiger partial charge in [0.05, 0.1) is 33.9 Å².